The molecule has 0 aromatic heterocycles. The quantitative estimate of drug-likeness (QED) is 0.793. The SMILES string of the molecule is Cc1ccc(C)c(CN2C(=O)C(=O)c3cc(Cl)ccc32)c1. The van der Waals surface area contributed by atoms with Gasteiger partial charge in [0.25, 0.3) is 11.7 Å². The fourth-order valence-electron chi connectivity index (χ4n) is 2.57. The first-order valence-electron chi connectivity index (χ1n) is 6.69. The van der Waals surface area contributed by atoms with Gasteiger partial charge in [0.1, 0.15) is 0 Å². The lowest BCUT2D eigenvalue weighted by molar-refractivity contribution is -0.114. The standard InChI is InChI=1S/C17H14ClNO2/c1-10-3-4-11(2)12(7-10)9-19-15-6-5-13(18)8-14(15)16(20)17(19)21/h3-8H,9H2,1-2H3. The van der Waals surface area contributed by atoms with Crippen LogP contribution in [0, 0.1) is 13.8 Å². The first-order chi connectivity index (χ1) is 9.97. The Hall–Kier alpha value is -2.13. The molecule has 0 saturated carbocycles. The van der Waals surface area contributed by atoms with Gasteiger partial charge in [-0.1, -0.05) is 35.4 Å². The molecule has 1 aliphatic heterocycles. The monoisotopic (exact) mass is 299 g/mol. The predicted molar refractivity (Wildman–Crippen MR) is 82.9 cm³/mol. The number of hydrogen-bond donors (Lipinski definition) is 0. The Morgan fingerprint density at radius 3 is 2.57 bits per heavy atom. The third-order valence-electron chi connectivity index (χ3n) is 3.77. The second kappa shape index (κ2) is 5.01. The van der Waals surface area contributed by atoms with Crippen molar-refractivity contribution in [2.75, 3.05) is 4.90 Å². The van der Waals surface area contributed by atoms with E-state index in [-0.39, 0.29) is 0 Å². The van der Waals surface area contributed by atoms with Gasteiger partial charge >= 0.3 is 0 Å². The van der Waals surface area contributed by atoms with Crippen molar-refractivity contribution in [2.45, 2.75) is 20.4 Å². The number of aryl methyl sites for hydroxylation is 2. The first-order valence-corrected chi connectivity index (χ1v) is 7.07. The summed E-state index contributed by atoms with van der Waals surface area (Å²) >= 11 is 5.91. The molecular formula is C17H14ClNO2. The minimum atomic E-state index is -0.492. The largest absolute Gasteiger partial charge is 0.300 e. The molecule has 0 bridgehead atoms. The predicted octanol–water partition coefficient (Wildman–Crippen LogP) is 3.69. The minimum Gasteiger partial charge on any atom is -0.300 e. The molecule has 0 aliphatic carbocycles. The number of amides is 1. The van der Waals surface area contributed by atoms with Gasteiger partial charge in [-0.15, -0.1) is 0 Å². The van der Waals surface area contributed by atoms with Gasteiger partial charge in [-0.25, -0.2) is 0 Å². The molecule has 0 spiro atoms. The Morgan fingerprint density at radius 1 is 1.05 bits per heavy atom. The first kappa shape index (κ1) is 13.8. The van der Waals surface area contributed by atoms with Gasteiger partial charge in [-0.2, -0.15) is 0 Å². The number of anilines is 1. The van der Waals surface area contributed by atoms with E-state index in [1.54, 1.807) is 18.2 Å². The van der Waals surface area contributed by atoms with Crippen LogP contribution in [-0.4, -0.2) is 11.7 Å². The van der Waals surface area contributed by atoms with E-state index in [4.69, 9.17) is 11.6 Å². The molecule has 3 rings (SSSR count). The Morgan fingerprint density at radius 2 is 1.81 bits per heavy atom. The van der Waals surface area contributed by atoms with Crippen molar-refractivity contribution in [2.24, 2.45) is 0 Å². The Kier molecular flexibility index (Phi) is 3.30. The molecular weight excluding hydrogens is 286 g/mol. The summed E-state index contributed by atoms with van der Waals surface area (Å²) in [5.74, 6) is -0.981. The summed E-state index contributed by atoms with van der Waals surface area (Å²) in [6, 6.07) is 11.1. The summed E-state index contributed by atoms with van der Waals surface area (Å²) in [5.41, 5.74) is 4.29. The zero-order valence-corrected chi connectivity index (χ0v) is 12.6. The van der Waals surface area contributed by atoms with Crippen molar-refractivity contribution in [1.82, 2.24) is 0 Å². The van der Waals surface area contributed by atoms with E-state index in [1.807, 2.05) is 32.0 Å². The van der Waals surface area contributed by atoms with Crippen molar-refractivity contribution in [3.8, 4) is 0 Å². The molecule has 2 aromatic rings. The number of Topliss-reactive ketones (excluding diaryl/α,β-unsaturated/α-hetero) is 1. The van der Waals surface area contributed by atoms with Gasteiger partial charge in [0.15, 0.2) is 0 Å². The molecule has 3 nitrogen and oxygen atoms in total. The average molecular weight is 300 g/mol. The molecule has 0 N–H and O–H groups in total. The summed E-state index contributed by atoms with van der Waals surface area (Å²) in [5, 5.41) is 0.462. The molecule has 1 amide bonds. The smallest absolute Gasteiger partial charge is 0.299 e. The van der Waals surface area contributed by atoms with Gasteiger partial charge in [-0.3, -0.25) is 9.59 Å². The number of ketones is 1. The summed E-state index contributed by atoms with van der Waals surface area (Å²) in [6.07, 6.45) is 0. The van der Waals surface area contributed by atoms with E-state index < -0.39 is 11.7 Å². The van der Waals surface area contributed by atoms with Crippen molar-refractivity contribution < 1.29 is 9.59 Å². The van der Waals surface area contributed by atoms with Crippen LogP contribution < -0.4 is 4.90 Å². The van der Waals surface area contributed by atoms with Gasteiger partial charge in [0.05, 0.1) is 17.8 Å². The van der Waals surface area contributed by atoms with Crippen molar-refractivity contribution in [1.29, 1.82) is 0 Å². The lowest BCUT2D eigenvalue weighted by Gasteiger charge is -2.18. The number of rotatable bonds is 2. The molecule has 4 heteroatoms. The van der Waals surface area contributed by atoms with Crippen LogP contribution in [0.5, 0.6) is 0 Å². The maximum Gasteiger partial charge on any atom is 0.299 e. The van der Waals surface area contributed by atoms with Crippen LogP contribution in [0.1, 0.15) is 27.0 Å². The number of fused-ring (bicyclic) bond motifs is 1. The van der Waals surface area contributed by atoms with Crippen LogP contribution in [0.2, 0.25) is 5.02 Å². The van der Waals surface area contributed by atoms with E-state index >= 15 is 0 Å². The topological polar surface area (TPSA) is 37.4 Å². The number of halogens is 1. The fraction of sp³-hybridized carbons (Fsp3) is 0.176. The van der Waals surface area contributed by atoms with Crippen LogP contribution in [0.3, 0.4) is 0 Å². The van der Waals surface area contributed by atoms with Gasteiger partial charge in [-0.05, 0) is 43.2 Å². The Bertz CT molecular complexity index is 767. The molecule has 0 saturated heterocycles. The highest BCUT2D eigenvalue weighted by molar-refractivity contribution is 6.52. The summed E-state index contributed by atoms with van der Waals surface area (Å²) < 4.78 is 0. The van der Waals surface area contributed by atoms with Crippen molar-refractivity contribution >= 4 is 29.0 Å². The van der Waals surface area contributed by atoms with Crippen LogP contribution in [0.15, 0.2) is 36.4 Å². The Balaban J connectivity index is 2.02. The number of nitrogens with zero attached hydrogens (tertiary/aromatic N) is 1. The molecule has 0 radical (unpaired) electrons. The van der Waals surface area contributed by atoms with Gasteiger partial charge < -0.3 is 4.90 Å². The van der Waals surface area contributed by atoms with Crippen LogP contribution in [0.25, 0.3) is 0 Å². The van der Waals surface area contributed by atoms with E-state index in [1.165, 1.54) is 4.90 Å². The lowest BCUT2D eigenvalue weighted by Crippen LogP contribution is -2.29. The highest BCUT2D eigenvalue weighted by Gasteiger charge is 2.35. The zero-order valence-electron chi connectivity index (χ0n) is 11.8. The van der Waals surface area contributed by atoms with E-state index in [2.05, 4.69) is 0 Å². The molecule has 2 aromatic carbocycles. The van der Waals surface area contributed by atoms with Crippen molar-refractivity contribution in [3.63, 3.8) is 0 Å². The maximum atomic E-state index is 12.2. The van der Waals surface area contributed by atoms with Gasteiger partial charge in [0.2, 0.25) is 0 Å². The molecule has 0 fully saturated rings. The molecule has 0 atom stereocenters. The average Bonchev–Trinajstić information content (AvgIpc) is 2.68. The normalized spacial score (nSPS) is 13.8. The molecule has 21 heavy (non-hydrogen) atoms. The Labute approximate surface area is 128 Å². The lowest BCUT2D eigenvalue weighted by atomic mass is 10.1. The van der Waals surface area contributed by atoms with Crippen LogP contribution in [0.4, 0.5) is 5.69 Å². The fourth-order valence-corrected chi connectivity index (χ4v) is 2.74. The third kappa shape index (κ3) is 2.34. The van der Waals surface area contributed by atoms with Gasteiger partial charge in [0, 0.05) is 5.02 Å². The number of benzene rings is 2. The maximum absolute atomic E-state index is 12.2. The van der Waals surface area contributed by atoms with Crippen LogP contribution in [-0.2, 0) is 11.3 Å². The summed E-state index contributed by atoms with van der Waals surface area (Å²) in [7, 11) is 0. The minimum absolute atomic E-state index is 0.387. The molecule has 1 aliphatic rings. The van der Waals surface area contributed by atoms with E-state index in [0.717, 1.165) is 16.7 Å². The summed E-state index contributed by atoms with van der Waals surface area (Å²) in [4.78, 5) is 25.8. The second-order valence-electron chi connectivity index (χ2n) is 5.31. The van der Waals surface area contributed by atoms with Crippen molar-refractivity contribution in [3.05, 3.63) is 63.7 Å². The van der Waals surface area contributed by atoms with Crippen LogP contribution >= 0.6 is 11.6 Å². The molecule has 1 heterocycles. The number of hydrogen-bond acceptors (Lipinski definition) is 2. The van der Waals surface area contributed by atoms with E-state index in [0.29, 0.717) is 22.8 Å². The molecule has 0 unspecified atom stereocenters. The number of carbonyl (C=O) groups is 2. The highest BCUT2D eigenvalue weighted by atomic mass is 35.5. The number of carbonyl (C=O) groups excluding carboxylic acids is 2. The second-order valence-corrected chi connectivity index (χ2v) is 5.75. The zero-order chi connectivity index (χ0) is 15.1. The highest BCUT2D eigenvalue weighted by Crippen LogP contribution is 2.32. The third-order valence-corrected chi connectivity index (χ3v) is 4.00. The van der Waals surface area contributed by atoms with E-state index in [9.17, 15) is 9.59 Å². The summed E-state index contributed by atoms with van der Waals surface area (Å²) in [6.45, 7) is 4.40. The molecule has 106 valence electrons.